The number of carbonyl (C=O) groups is 1. The molecule has 0 spiro atoms. The molecule has 1 amide bonds. The van der Waals surface area contributed by atoms with E-state index in [1.165, 1.54) is 0 Å². The molecule has 0 aliphatic carbocycles. The highest BCUT2D eigenvalue weighted by Crippen LogP contribution is 2.22. The third-order valence-electron chi connectivity index (χ3n) is 10.3. The van der Waals surface area contributed by atoms with Crippen LogP contribution in [0.3, 0.4) is 0 Å². The van der Waals surface area contributed by atoms with Crippen molar-refractivity contribution in [2.75, 3.05) is 13.2 Å². The molecular formula is C53H85NO8. The van der Waals surface area contributed by atoms with Crippen LogP contribution in [0, 0.1) is 0 Å². The maximum Gasteiger partial charge on any atom is 0.220 e. The van der Waals surface area contributed by atoms with Crippen molar-refractivity contribution in [3.8, 4) is 0 Å². The number of amides is 1. The zero-order valence-corrected chi connectivity index (χ0v) is 38.3. The van der Waals surface area contributed by atoms with Crippen molar-refractivity contribution in [1.82, 2.24) is 5.32 Å². The molecule has 0 aromatic heterocycles. The summed E-state index contributed by atoms with van der Waals surface area (Å²) < 4.78 is 11.1. The van der Waals surface area contributed by atoms with E-state index in [-0.39, 0.29) is 12.5 Å². The molecule has 0 aromatic rings. The van der Waals surface area contributed by atoms with Crippen molar-refractivity contribution in [3.63, 3.8) is 0 Å². The van der Waals surface area contributed by atoms with Gasteiger partial charge in [0.15, 0.2) is 6.29 Å². The minimum Gasteiger partial charge on any atom is -0.394 e. The number of aliphatic hydroxyl groups excluding tert-OH is 5. The molecule has 1 heterocycles. The predicted octanol–water partition coefficient (Wildman–Crippen LogP) is 10.4. The summed E-state index contributed by atoms with van der Waals surface area (Å²) in [6.45, 7) is 3.53. The Balaban J connectivity index is 2.18. The van der Waals surface area contributed by atoms with Crippen LogP contribution in [0.25, 0.3) is 0 Å². The highest BCUT2D eigenvalue weighted by molar-refractivity contribution is 5.76. The number of hydrogen-bond donors (Lipinski definition) is 6. The molecule has 1 fully saturated rings. The van der Waals surface area contributed by atoms with E-state index in [2.05, 4.69) is 129 Å². The molecule has 0 aromatic carbocycles. The number of carbonyl (C=O) groups excluding carboxylic acids is 1. The number of aliphatic hydroxyl groups is 5. The van der Waals surface area contributed by atoms with Crippen molar-refractivity contribution in [2.45, 2.75) is 192 Å². The molecule has 350 valence electrons. The summed E-state index contributed by atoms with van der Waals surface area (Å²) in [5, 5.41) is 53.8. The lowest BCUT2D eigenvalue weighted by Crippen LogP contribution is -2.60. The largest absolute Gasteiger partial charge is 0.394 e. The van der Waals surface area contributed by atoms with Crippen LogP contribution in [0.1, 0.15) is 149 Å². The molecule has 1 rings (SSSR count). The first-order chi connectivity index (χ1) is 30.3. The van der Waals surface area contributed by atoms with Gasteiger partial charge in [-0.05, 0) is 89.9 Å². The van der Waals surface area contributed by atoms with Crippen LogP contribution < -0.4 is 5.32 Å². The fourth-order valence-electron chi connectivity index (χ4n) is 6.50. The summed E-state index contributed by atoms with van der Waals surface area (Å²) in [4.78, 5) is 12.9. The van der Waals surface area contributed by atoms with Crippen molar-refractivity contribution >= 4 is 5.91 Å². The van der Waals surface area contributed by atoms with E-state index in [9.17, 15) is 30.3 Å². The molecule has 0 radical (unpaired) electrons. The summed E-state index contributed by atoms with van der Waals surface area (Å²) in [6, 6.07) is -0.820. The van der Waals surface area contributed by atoms with Gasteiger partial charge in [0, 0.05) is 6.42 Å². The quantitative estimate of drug-likeness (QED) is 0.0267. The fourth-order valence-corrected chi connectivity index (χ4v) is 6.50. The molecule has 0 bridgehead atoms. The SMILES string of the molecule is CC/C=C\C/C=C\C/C=C\C/C=C\C/C=C\C/C=C\C/C=C\C/C=C\C/C=C\CCCCCCCC(=O)NC(COC1OC(CO)C(O)C(O)C1O)C(O)/C=C/CCCCCC. The van der Waals surface area contributed by atoms with Crippen LogP contribution in [-0.2, 0) is 14.3 Å². The maximum absolute atomic E-state index is 12.9. The highest BCUT2D eigenvalue weighted by atomic mass is 16.7. The van der Waals surface area contributed by atoms with Gasteiger partial charge in [0.25, 0.3) is 0 Å². The highest BCUT2D eigenvalue weighted by Gasteiger charge is 2.44. The standard InChI is InChI=1S/C53H85NO8/c1-3-5-7-9-11-12-13-14-15-16-17-18-19-20-21-22-23-24-25-26-27-28-29-30-31-32-33-34-35-36-37-39-41-43-49(57)54-46(47(56)42-40-38-10-8-6-4-2)45-61-53-52(60)51(59)50(58)48(44-55)62-53/h5,7,11-12,14-15,17-18,20-21,23-24,26-27,29-30,32-33,40,42,46-48,50-53,55-56,58-60H,3-4,6,8-10,13,16,19,22,25,28,31,34-39,41,43-45H2,1-2H3,(H,54,57)/b7-5-,12-11-,15-14-,18-17-,21-20-,24-23-,27-26-,30-29-,33-32-,42-40+. The van der Waals surface area contributed by atoms with Gasteiger partial charge in [0.05, 0.1) is 25.4 Å². The summed E-state index contributed by atoms with van der Waals surface area (Å²) in [5.41, 5.74) is 0. The molecule has 1 saturated heterocycles. The number of ether oxygens (including phenoxy) is 2. The molecular weight excluding hydrogens is 779 g/mol. The number of nitrogens with one attached hydrogen (secondary N) is 1. The average molecular weight is 864 g/mol. The van der Waals surface area contributed by atoms with Crippen LogP contribution in [0.15, 0.2) is 122 Å². The smallest absolute Gasteiger partial charge is 0.220 e. The molecule has 1 aliphatic rings. The van der Waals surface area contributed by atoms with Crippen LogP contribution in [0.2, 0.25) is 0 Å². The second-order valence-electron chi connectivity index (χ2n) is 15.8. The van der Waals surface area contributed by atoms with Gasteiger partial charge in [-0.1, -0.05) is 174 Å². The third kappa shape index (κ3) is 31.4. The van der Waals surface area contributed by atoms with Crippen molar-refractivity contribution in [1.29, 1.82) is 0 Å². The minimum absolute atomic E-state index is 0.206. The number of hydrogen-bond acceptors (Lipinski definition) is 8. The summed E-state index contributed by atoms with van der Waals surface area (Å²) in [5.74, 6) is -0.209. The fraction of sp³-hybridized carbons (Fsp3) is 0.604. The first-order valence-corrected chi connectivity index (χ1v) is 23.8. The number of unbranched alkanes of at least 4 members (excludes halogenated alkanes) is 9. The Hall–Kier alpha value is -3.41. The average Bonchev–Trinajstić information content (AvgIpc) is 3.27. The minimum atomic E-state index is -1.57. The Morgan fingerprint density at radius 3 is 1.48 bits per heavy atom. The van der Waals surface area contributed by atoms with E-state index in [0.29, 0.717) is 6.42 Å². The number of rotatable bonds is 37. The lowest BCUT2D eigenvalue weighted by atomic mass is 9.99. The van der Waals surface area contributed by atoms with Crippen LogP contribution in [0.5, 0.6) is 0 Å². The Bertz CT molecular complexity index is 1370. The molecule has 0 saturated carbocycles. The first kappa shape index (κ1) is 56.6. The van der Waals surface area contributed by atoms with Gasteiger partial charge in [0.1, 0.15) is 24.4 Å². The van der Waals surface area contributed by atoms with Gasteiger partial charge in [-0.2, -0.15) is 0 Å². The maximum atomic E-state index is 12.9. The molecule has 7 atom stereocenters. The number of allylic oxidation sites excluding steroid dienone is 19. The van der Waals surface area contributed by atoms with Crippen molar-refractivity contribution < 1.29 is 39.8 Å². The molecule has 1 aliphatic heterocycles. The Labute approximate surface area is 376 Å². The Kier molecular flexibility index (Phi) is 38.0. The van der Waals surface area contributed by atoms with Gasteiger partial charge < -0.3 is 40.3 Å². The van der Waals surface area contributed by atoms with E-state index in [0.717, 1.165) is 128 Å². The molecule has 9 heteroatoms. The predicted molar refractivity (Wildman–Crippen MR) is 257 cm³/mol. The van der Waals surface area contributed by atoms with E-state index in [4.69, 9.17) is 9.47 Å². The van der Waals surface area contributed by atoms with Gasteiger partial charge in [-0.15, -0.1) is 0 Å². The van der Waals surface area contributed by atoms with Gasteiger partial charge in [-0.3, -0.25) is 4.79 Å². The molecule has 7 unspecified atom stereocenters. The monoisotopic (exact) mass is 864 g/mol. The van der Waals surface area contributed by atoms with E-state index in [1.807, 2.05) is 6.08 Å². The van der Waals surface area contributed by atoms with Gasteiger partial charge in [0.2, 0.25) is 5.91 Å². The Morgan fingerprint density at radius 2 is 1.00 bits per heavy atom. The lowest BCUT2D eigenvalue weighted by molar-refractivity contribution is -0.302. The summed E-state index contributed by atoms with van der Waals surface area (Å²) >= 11 is 0. The van der Waals surface area contributed by atoms with Crippen LogP contribution in [0.4, 0.5) is 0 Å². The second kappa shape index (κ2) is 41.6. The topological polar surface area (TPSA) is 149 Å². The lowest BCUT2D eigenvalue weighted by Gasteiger charge is -2.40. The Morgan fingerprint density at radius 1 is 0.565 bits per heavy atom. The second-order valence-corrected chi connectivity index (χ2v) is 15.8. The molecule has 62 heavy (non-hydrogen) atoms. The van der Waals surface area contributed by atoms with Crippen LogP contribution in [-0.4, -0.2) is 87.5 Å². The van der Waals surface area contributed by atoms with Crippen LogP contribution >= 0.6 is 0 Å². The third-order valence-corrected chi connectivity index (χ3v) is 10.3. The van der Waals surface area contributed by atoms with E-state index >= 15 is 0 Å². The summed E-state index contributed by atoms with van der Waals surface area (Å²) in [7, 11) is 0. The van der Waals surface area contributed by atoms with Crippen molar-refractivity contribution in [2.24, 2.45) is 0 Å². The molecule has 9 nitrogen and oxygen atoms in total. The van der Waals surface area contributed by atoms with E-state index < -0.39 is 49.5 Å². The van der Waals surface area contributed by atoms with E-state index in [1.54, 1.807) is 6.08 Å². The van der Waals surface area contributed by atoms with Gasteiger partial charge >= 0.3 is 0 Å². The first-order valence-electron chi connectivity index (χ1n) is 23.8. The molecule has 6 N–H and O–H groups in total. The normalized spacial score (nSPS) is 21.4. The summed E-state index contributed by atoms with van der Waals surface area (Å²) in [6.07, 6.45) is 55.7. The van der Waals surface area contributed by atoms with Gasteiger partial charge in [-0.25, -0.2) is 0 Å². The zero-order valence-electron chi connectivity index (χ0n) is 38.3. The zero-order chi connectivity index (χ0) is 45.1. The van der Waals surface area contributed by atoms with Crippen molar-refractivity contribution in [3.05, 3.63) is 122 Å².